The smallest absolute Gasteiger partial charge is 0.294 e. The first-order valence-electron chi connectivity index (χ1n) is 14.7. The lowest BCUT2D eigenvalue weighted by Crippen LogP contribution is -2.40. The molecule has 0 N–H and O–H groups in total. The zero-order valence-electron chi connectivity index (χ0n) is 25.0. The second-order valence-electron chi connectivity index (χ2n) is 11.0. The minimum atomic E-state index is -3.76. The van der Waals surface area contributed by atoms with Gasteiger partial charge in [-0.15, -0.1) is 0 Å². The van der Waals surface area contributed by atoms with E-state index >= 15 is 0 Å². The maximum Gasteiger partial charge on any atom is 0.294 e. The van der Waals surface area contributed by atoms with Crippen LogP contribution < -0.4 is 9.80 Å². The van der Waals surface area contributed by atoms with Crippen molar-refractivity contribution >= 4 is 44.6 Å². The number of hydrogen-bond donors (Lipinski definition) is 0. The second-order valence-corrected chi connectivity index (χ2v) is 12.9. The normalized spacial score (nSPS) is 18.7. The van der Waals surface area contributed by atoms with Crippen LogP contribution in [-0.2, 0) is 24.3 Å². The Morgan fingerprint density at radius 2 is 1.59 bits per heavy atom. The van der Waals surface area contributed by atoms with Gasteiger partial charge in [0.1, 0.15) is 5.69 Å². The average molecular weight is 622 g/mol. The minimum Gasteiger partial charge on any atom is -0.379 e. The molecule has 2 fully saturated rings. The Morgan fingerprint density at radius 3 is 2.25 bits per heavy atom. The molecule has 0 spiro atoms. The number of likely N-dealkylation sites (N-methyl/N-ethyl adjacent to an activating group) is 1. The van der Waals surface area contributed by atoms with E-state index in [0.29, 0.717) is 74.3 Å². The highest BCUT2D eigenvalue weighted by atomic mass is 32.2. The molecule has 3 aromatic rings. The topological polar surface area (TPSA) is 127 Å². The van der Waals surface area contributed by atoms with Gasteiger partial charge in [0.15, 0.2) is 0 Å². The summed E-state index contributed by atoms with van der Waals surface area (Å²) < 4.78 is 41.0. The molecule has 6 rings (SSSR count). The SMILES string of the molecule is CCN1C(=O)/C(=C\c2cc(C)n(-c3ccc(N4CCOCC4)c([N+](=O)[O-])c3)c2C)c2cc(S(=O)(=O)N3CCOCC3)ccc21. The van der Waals surface area contributed by atoms with Gasteiger partial charge in [0.25, 0.3) is 11.6 Å². The van der Waals surface area contributed by atoms with Gasteiger partial charge >= 0.3 is 0 Å². The van der Waals surface area contributed by atoms with E-state index in [1.165, 1.54) is 4.31 Å². The molecule has 0 bridgehead atoms. The van der Waals surface area contributed by atoms with Crippen LogP contribution in [-0.4, -0.2) is 87.3 Å². The summed E-state index contributed by atoms with van der Waals surface area (Å²) >= 11 is 0. The van der Waals surface area contributed by atoms with Crippen LogP contribution in [0, 0.1) is 24.0 Å². The molecule has 0 aliphatic carbocycles. The summed E-state index contributed by atoms with van der Waals surface area (Å²) in [5, 5.41) is 12.1. The molecule has 0 saturated carbocycles. The fourth-order valence-electron chi connectivity index (χ4n) is 6.24. The third-order valence-corrected chi connectivity index (χ3v) is 10.4. The Bertz CT molecular complexity index is 1770. The van der Waals surface area contributed by atoms with E-state index in [1.54, 1.807) is 41.3 Å². The predicted octanol–water partition coefficient (Wildman–Crippen LogP) is 3.77. The van der Waals surface area contributed by atoms with Gasteiger partial charge in [-0.1, -0.05) is 0 Å². The molecule has 0 unspecified atom stereocenters. The predicted molar refractivity (Wildman–Crippen MR) is 167 cm³/mol. The summed E-state index contributed by atoms with van der Waals surface area (Å²) in [4.78, 5) is 29.1. The van der Waals surface area contributed by atoms with Gasteiger partial charge in [-0.05, 0) is 68.8 Å². The number of nitro benzene ring substituents is 1. The van der Waals surface area contributed by atoms with E-state index in [-0.39, 0.29) is 34.5 Å². The summed E-state index contributed by atoms with van der Waals surface area (Å²) in [6, 6.07) is 12.0. The lowest BCUT2D eigenvalue weighted by atomic mass is 10.0. The molecule has 1 aromatic heterocycles. The molecule has 3 aliphatic heterocycles. The van der Waals surface area contributed by atoms with E-state index in [4.69, 9.17) is 9.47 Å². The number of hydrogen-bond acceptors (Lipinski definition) is 8. The van der Waals surface area contributed by atoms with Crippen LogP contribution in [0.4, 0.5) is 17.1 Å². The number of aromatic nitrogens is 1. The van der Waals surface area contributed by atoms with Crippen LogP contribution in [0.15, 0.2) is 47.4 Å². The lowest BCUT2D eigenvalue weighted by molar-refractivity contribution is -0.384. The van der Waals surface area contributed by atoms with Crippen LogP contribution >= 0.6 is 0 Å². The molecular weight excluding hydrogens is 586 g/mol. The first-order chi connectivity index (χ1) is 21.1. The van der Waals surface area contributed by atoms with Crippen molar-refractivity contribution < 1.29 is 27.6 Å². The number of carbonyl (C=O) groups excluding carboxylic acids is 1. The molecule has 1 amide bonds. The van der Waals surface area contributed by atoms with Crippen molar-refractivity contribution in [3.8, 4) is 5.69 Å². The first kappa shape index (κ1) is 30.0. The molecule has 2 saturated heterocycles. The zero-order chi connectivity index (χ0) is 31.2. The number of fused-ring (bicyclic) bond motifs is 1. The Hall–Kier alpha value is -4.04. The summed E-state index contributed by atoms with van der Waals surface area (Å²) in [6.07, 6.45) is 1.79. The third kappa shape index (κ3) is 5.19. The van der Waals surface area contributed by atoms with Crippen molar-refractivity contribution in [2.24, 2.45) is 0 Å². The fraction of sp³-hybridized carbons (Fsp3) is 0.387. The van der Waals surface area contributed by atoms with Crippen LogP contribution in [0.1, 0.15) is 29.4 Å². The van der Waals surface area contributed by atoms with Crippen LogP contribution in [0.3, 0.4) is 0 Å². The molecule has 3 aliphatic rings. The van der Waals surface area contributed by atoms with E-state index in [9.17, 15) is 23.3 Å². The summed E-state index contributed by atoms with van der Waals surface area (Å²) in [6.45, 7) is 9.55. The Kier molecular flexibility index (Phi) is 8.05. The maximum atomic E-state index is 13.6. The Labute approximate surface area is 256 Å². The van der Waals surface area contributed by atoms with Crippen LogP contribution in [0.2, 0.25) is 0 Å². The summed E-state index contributed by atoms with van der Waals surface area (Å²) in [5.74, 6) is -0.210. The van der Waals surface area contributed by atoms with Crippen LogP contribution in [0.5, 0.6) is 0 Å². The first-order valence-corrected chi connectivity index (χ1v) is 16.1. The van der Waals surface area contributed by atoms with Crippen molar-refractivity contribution in [2.75, 3.05) is 69.0 Å². The van der Waals surface area contributed by atoms with Crippen molar-refractivity contribution in [1.82, 2.24) is 8.87 Å². The molecule has 2 aromatic carbocycles. The maximum absolute atomic E-state index is 13.6. The standard InChI is InChI=1S/C31H35N5O7S/c1-4-34-28-8-6-25(44(40,41)33-11-15-43-16-12-33)20-26(28)27(31(34)37)18-23-17-21(2)35(22(23)3)24-5-7-29(30(19-24)36(38)39)32-9-13-42-14-10-32/h5-8,17-20H,4,9-16H2,1-3H3/b27-18-. The van der Waals surface area contributed by atoms with Gasteiger partial charge < -0.3 is 23.8 Å². The number of sulfonamides is 1. The van der Waals surface area contributed by atoms with E-state index < -0.39 is 10.0 Å². The van der Waals surface area contributed by atoms with Crippen LogP contribution in [0.25, 0.3) is 17.3 Å². The highest BCUT2D eigenvalue weighted by molar-refractivity contribution is 7.89. The third-order valence-electron chi connectivity index (χ3n) is 8.48. The molecule has 0 atom stereocenters. The number of amides is 1. The van der Waals surface area contributed by atoms with Gasteiger partial charge in [-0.2, -0.15) is 4.31 Å². The largest absolute Gasteiger partial charge is 0.379 e. The number of nitro groups is 1. The van der Waals surface area contributed by atoms with Gasteiger partial charge in [-0.25, -0.2) is 8.42 Å². The molecule has 4 heterocycles. The van der Waals surface area contributed by atoms with E-state index in [0.717, 1.165) is 17.0 Å². The average Bonchev–Trinajstić information content (AvgIpc) is 3.47. The van der Waals surface area contributed by atoms with Gasteiger partial charge in [-0.3, -0.25) is 14.9 Å². The molecule has 44 heavy (non-hydrogen) atoms. The van der Waals surface area contributed by atoms with Crippen molar-refractivity contribution in [1.29, 1.82) is 0 Å². The number of morpholine rings is 2. The van der Waals surface area contributed by atoms with Gasteiger partial charge in [0.05, 0.1) is 47.6 Å². The fourth-order valence-corrected chi connectivity index (χ4v) is 7.68. The number of benzene rings is 2. The number of rotatable bonds is 7. The van der Waals surface area contributed by atoms with Crippen molar-refractivity contribution in [3.05, 3.63) is 75.1 Å². The number of ether oxygens (including phenoxy) is 2. The highest BCUT2D eigenvalue weighted by Gasteiger charge is 2.35. The molecule has 12 nitrogen and oxygen atoms in total. The Balaban J connectivity index is 1.40. The van der Waals surface area contributed by atoms with Crippen molar-refractivity contribution in [2.45, 2.75) is 25.7 Å². The zero-order valence-corrected chi connectivity index (χ0v) is 25.8. The molecule has 232 valence electrons. The Morgan fingerprint density at radius 1 is 0.932 bits per heavy atom. The lowest BCUT2D eigenvalue weighted by Gasteiger charge is -2.28. The quantitative estimate of drug-likeness (QED) is 0.222. The molecule has 13 heteroatoms. The second kappa shape index (κ2) is 11.8. The molecule has 0 radical (unpaired) electrons. The van der Waals surface area contributed by atoms with E-state index in [2.05, 4.69) is 0 Å². The summed E-state index contributed by atoms with van der Waals surface area (Å²) in [7, 11) is -3.76. The number of carbonyl (C=O) groups is 1. The number of anilines is 2. The van der Waals surface area contributed by atoms with Gasteiger partial charge in [0, 0.05) is 61.3 Å². The minimum absolute atomic E-state index is 0.0179. The van der Waals surface area contributed by atoms with Crippen molar-refractivity contribution in [3.63, 3.8) is 0 Å². The molecular formula is C31H35N5O7S. The summed E-state index contributed by atoms with van der Waals surface area (Å²) in [5.41, 5.74) is 5.22. The van der Waals surface area contributed by atoms with Gasteiger partial charge in [0.2, 0.25) is 10.0 Å². The number of aryl methyl sites for hydroxylation is 1. The van der Waals surface area contributed by atoms with E-state index in [1.807, 2.05) is 42.4 Å². The number of nitrogens with zero attached hydrogens (tertiary/aromatic N) is 5. The monoisotopic (exact) mass is 621 g/mol. The highest BCUT2D eigenvalue weighted by Crippen LogP contribution is 2.40.